The third kappa shape index (κ3) is 7.76. The van der Waals surface area contributed by atoms with Crippen LogP contribution in [0, 0.1) is 0 Å². The summed E-state index contributed by atoms with van der Waals surface area (Å²) in [5.41, 5.74) is 2.71. The highest BCUT2D eigenvalue weighted by molar-refractivity contribution is 7.89. The number of alkyl halides is 3. The molecule has 0 unspecified atom stereocenters. The van der Waals surface area contributed by atoms with E-state index in [0.29, 0.717) is 10.5 Å². The highest BCUT2D eigenvalue weighted by Gasteiger charge is 2.43. The van der Waals surface area contributed by atoms with Gasteiger partial charge < -0.3 is 10.2 Å². The van der Waals surface area contributed by atoms with Gasteiger partial charge in [-0.1, -0.05) is 12.1 Å². The Kier molecular flexibility index (Phi) is 8.63. The second-order valence-electron chi connectivity index (χ2n) is 10.2. The fourth-order valence-electron chi connectivity index (χ4n) is 4.15. The van der Waals surface area contributed by atoms with Gasteiger partial charge in [0.15, 0.2) is 0 Å². The SMILES string of the molecule is CC(C)(C)NS(=O)(=O)c1ccc2c(c1)CN(C(=O)C(F)(F)F)CC2.NS(=O)(=O)c1ccc2c(c1)CNCC2. The number of carbonyl (C=O) groups is 1. The monoisotopic (exact) mass is 576 g/mol. The van der Waals surface area contributed by atoms with Crippen LogP contribution in [0.2, 0.25) is 0 Å². The zero-order valence-corrected chi connectivity index (χ0v) is 22.9. The Morgan fingerprint density at radius 1 is 0.921 bits per heavy atom. The second kappa shape index (κ2) is 10.9. The third-order valence-corrected chi connectivity index (χ3v) is 8.53. The Morgan fingerprint density at radius 2 is 1.50 bits per heavy atom. The molecule has 0 spiro atoms. The van der Waals surface area contributed by atoms with Gasteiger partial charge in [0, 0.05) is 25.2 Å². The quantitative estimate of drug-likeness (QED) is 0.512. The van der Waals surface area contributed by atoms with Crippen LogP contribution < -0.4 is 15.2 Å². The Labute approximate surface area is 220 Å². The number of nitrogens with two attached hydrogens (primary N) is 1. The lowest BCUT2D eigenvalue weighted by molar-refractivity contribution is -0.186. The molecule has 14 heteroatoms. The Morgan fingerprint density at radius 3 is 2.08 bits per heavy atom. The minimum Gasteiger partial charge on any atom is -0.330 e. The Balaban J connectivity index is 0.000000241. The molecule has 2 aromatic rings. The van der Waals surface area contributed by atoms with Crippen molar-refractivity contribution in [1.29, 1.82) is 0 Å². The van der Waals surface area contributed by atoms with Gasteiger partial charge in [0.1, 0.15) is 0 Å². The van der Waals surface area contributed by atoms with E-state index in [2.05, 4.69) is 10.0 Å². The predicted molar refractivity (Wildman–Crippen MR) is 135 cm³/mol. The van der Waals surface area contributed by atoms with Crippen LogP contribution in [0.4, 0.5) is 13.2 Å². The summed E-state index contributed by atoms with van der Waals surface area (Å²) in [5, 5.41) is 8.23. The van der Waals surface area contributed by atoms with E-state index in [1.54, 1.807) is 39.0 Å². The number of amides is 1. The van der Waals surface area contributed by atoms with Gasteiger partial charge in [-0.2, -0.15) is 13.2 Å². The van der Waals surface area contributed by atoms with Crippen LogP contribution in [0.15, 0.2) is 46.2 Å². The van der Waals surface area contributed by atoms with Gasteiger partial charge in [0.25, 0.3) is 0 Å². The standard InChI is InChI=1S/C15H19F3N2O3S.C9H12N2O2S/c1-14(2,3)19-24(22,23)12-5-4-10-6-7-20(9-11(10)8-12)13(21)15(16,17)18;10-14(12,13)9-2-1-7-3-4-11-6-8(7)5-9/h4-5,8,19H,6-7,9H2,1-3H3;1-2,5,11H,3-4,6H2,(H2,10,12,13). The molecule has 4 N–H and O–H groups in total. The Bertz CT molecular complexity index is 1420. The van der Waals surface area contributed by atoms with Crippen LogP contribution in [-0.4, -0.2) is 52.4 Å². The number of hydrogen-bond acceptors (Lipinski definition) is 6. The fourth-order valence-corrected chi connectivity index (χ4v) is 6.18. The van der Waals surface area contributed by atoms with Crippen LogP contribution >= 0.6 is 0 Å². The number of hydrogen-bond donors (Lipinski definition) is 3. The van der Waals surface area contributed by atoms with Gasteiger partial charge in [-0.05, 0) is 86.7 Å². The zero-order chi connectivity index (χ0) is 28.5. The van der Waals surface area contributed by atoms with Crippen molar-refractivity contribution in [2.75, 3.05) is 13.1 Å². The minimum atomic E-state index is -4.94. The normalized spacial score (nSPS) is 16.1. The fraction of sp³-hybridized carbons (Fsp3) is 0.458. The largest absolute Gasteiger partial charge is 0.471 e. The first-order chi connectivity index (χ1) is 17.4. The molecule has 1 amide bonds. The van der Waals surface area contributed by atoms with Gasteiger partial charge in [0.05, 0.1) is 9.79 Å². The van der Waals surface area contributed by atoms with Crippen molar-refractivity contribution in [3.05, 3.63) is 58.7 Å². The van der Waals surface area contributed by atoms with Crippen molar-refractivity contribution in [3.63, 3.8) is 0 Å². The molecule has 4 rings (SSSR count). The number of sulfonamides is 2. The molecule has 210 valence electrons. The summed E-state index contributed by atoms with van der Waals surface area (Å²) in [6.45, 7) is 6.43. The molecular weight excluding hydrogens is 545 g/mol. The first kappa shape index (κ1) is 30.0. The van der Waals surface area contributed by atoms with Crippen LogP contribution in [0.1, 0.15) is 43.0 Å². The number of halogens is 3. The van der Waals surface area contributed by atoms with Crippen molar-refractivity contribution in [1.82, 2.24) is 14.9 Å². The molecule has 9 nitrogen and oxygen atoms in total. The lowest BCUT2D eigenvalue weighted by Gasteiger charge is -2.30. The van der Waals surface area contributed by atoms with Crippen LogP contribution in [0.25, 0.3) is 0 Å². The van der Waals surface area contributed by atoms with Crippen molar-refractivity contribution < 1.29 is 34.8 Å². The number of fused-ring (bicyclic) bond motifs is 2. The first-order valence-corrected chi connectivity index (χ1v) is 14.8. The number of rotatable bonds is 3. The van der Waals surface area contributed by atoms with Crippen LogP contribution in [-0.2, 0) is 50.8 Å². The smallest absolute Gasteiger partial charge is 0.330 e. The van der Waals surface area contributed by atoms with Gasteiger partial charge in [-0.15, -0.1) is 0 Å². The number of nitrogens with zero attached hydrogens (tertiary/aromatic N) is 1. The summed E-state index contributed by atoms with van der Waals surface area (Å²) >= 11 is 0. The topological polar surface area (TPSA) is 139 Å². The molecule has 0 saturated heterocycles. The first-order valence-electron chi connectivity index (χ1n) is 11.7. The van der Waals surface area contributed by atoms with Gasteiger partial charge in [-0.25, -0.2) is 26.7 Å². The minimum absolute atomic E-state index is 0.0301. The number of nitrogens with one attached hydrogen (secondary N) is 2. The molecule has 0 saturated carbocycles. The summed E-state index contributed by atoms with van der Waals surface area (Å²) < 4.78 is 87.0. The lowest BCUT2D eigenvalue weighted by atomic mass is 10.00. The van der Waals surface area contributed by atoms with Crippen LogP contribution in [0.3, 0.4) is 0 Å². The van der Waals surface area contributed by atoms with Crippen molar-refractivity contribution in [3.8, 4) is 0 Å². The molecule has 0 fully saturated rings. The molecule has 0 aromatic heterocycles. The van der Waals surface area contributed by atoms with E-state index in [-0.39, 0.29) is 29.3 Å². The van der Waals surface area contributed by atoms with Crippen molar-refractivity contribution >= 4 is 26.0 Å². The van der Waals surface area contributed by atoms with E-state index in [1.807, 2.05) is 6.07 Å². The molecule has 2 aliphatic heterocycles. The van der Waals surface area contributed by atoms with E-state index in [4.69, 9.17) is 5.14 Å². The number of carbonyl (C=O) groups excluding carboxylic acids is 1. The van der Waals surface area contributed by atoms with E-state index in [1.165, 1.54) is 17.7 Å². The summed E-state index contributed by atoms with van der Waals surface area (Å²) in [4.78, 5) is 12.2. The van der Waals surface area contributed by atoms with Crippen LogP contribution in [0.5, 0.6) is 0 Å². The maximum Gasteiger partial charge on any atom is 0.471 e. The molecule has 0 aliphatic carbocycles. The van der Waals surface area contributed by atoms with E-state index in [9.17, 15) is 34.8 Å². The molecule has 0 bridgehead atoms. The molecular formula is C24H31F3N4O5S2. The highest BCUT2D eigenvalue weighted by Crippen LogP contribution is 2.27. The molecule has 0 radical (unpaired) electrons. The molecule has 38 heavy (non-hydrogen) atoms. The summed E-state index contributed by atoms with van der Waals surface area (Å²) in [6.07, 6.45) is -3.74. The summed E-state index contributed by atoms with van der Waals surface area (Å²) in [7, 11) is -7.36. The zero-order valence-electron chi connectivity index (χ0n) is 21.2. The predicted octanol–water partition coefficient (Wildman–Crippen LogP) is 2.19. The highest BCUT2D eigenvalue weighted by atomic mass is 32.2. The van der Waals surface area contributed by atoms with Gasteiger partial charge >= 0.3 is 12.1 Å². The van der Waals surface area contributed by atoms with E-state index < -0.39 is 37.7 Å². The van der Waals surface area contributed by atoms with Crippen molar-refractivity contribution in [2.24, 2.45) is 5.14 Å². The van der Waals surface area contributed by atoms with E-state index >= 15 is 0 Å². The molecule has 2 aromatic carbocycles. The number of benzene rings is 2. The maximum absolute atomic E-state index is 12.6. The molecule has 2 aliphatic rings. The lowest BCUT2D eigenvalue weighted by Crippen LogP contribution is -2.44. The summed E-state index contributed by atoms with van der Waals surface area (Å²) in [6, 6.07) is 9.40. The molecule has 0 atom stereocenters. The molecule has 2 heterocycles. The van der Waals surface area contributed by atoms with Crippen molar-refractivity contribution in [2.45, 2.75) is 68.2 Å². The maximum atomic E-state index is 12.6. The third-order valence-electron chi connectivity index (χ3n) is 5.86. The second-order valence-corrected chi connectivity index (χ2v) is 13.4. The van der Waals surface area contributed by atoms with Gasteiger partial charge in [0.2, 0.25) is 20.0 Å². The van der Waals surface area contributed by atoms with Gasteiger partial charge in [-0.3, -0.25) is 4.79 Å². The summed E-state index contributed by atoms with van der Waals surface area (Å²) in [5.74, 6) is -1.91. The average Bonchev–Trinajstić information content (AvgIpc) is 2.80. The number of primary sulfonamides is 1. The Hall–Kier alpha value is -2.52. The van der Waals surface area contributed by atoms with E-state index in [0.717, 1.165) is 30.6 Å². The average molecular weight is 577 g/mol.